The molecule has 2 atom stereocenters. The molecule has 0 saturated heterocycles. The van der Waals surface area contributed by atoms with Gasteiger partial charge in [0.25, 0.3) is 5.91 Å². The van der Waals surface area contributed by atoms with Crippen molar-refractivity contribution >= 4 is 35.1 Å². The quantitative estimate of drug-likeness (QED) is 0.399. The standard InChI is InChI=1S/C26H29Cl2F2N3O4/c1-14(16-5-4-6-17(26(35)36)22(13-16)37-3)31-25(34)24-20(12-15-7-8-18(27)19(28)11-15)32-33(2)21(24)9-10-23(29)30/h6-8,11,13-14,16,23H,4-5,9-10,12H2,1-3H3,(H,31,34)(H,35,36). The second-order valence-electron chi connectivity index (χ2n) is 8.91. The van der Waals surface area contributed by atoms with E-state index >= 15 is 0 Å². The molecular formula is C26H29Cl2F2N3O4. The summed E-state index contributed by atoms with van der Waals surface area (Å²) in [5, 5.41) is 17.7. The number of alkyl halides is 2. The van der Waals surface area contributed by atoms with Crippen molar-refractivity contribution in [3.63, 3.8) is 0 Å². The van der Waals surface area contributed by atoms with E-state index in [0.717, 1.165) is 5.56 Å². The number of ether oxygens (including phenoxy) is 1. The van der Waals surface area contributed by atoms with Gasteiger partial charge >= 0.3 is 5.97 Å². The van der Waals surface area contributed by atoms with Gasteiger partial charge in [0, 0.05) is 31.8 Å². The first-order valence-corrected chi connectivity index (χ1v) is 12.5. The number of carbonyl (C=O) groups excluding carboxylic acids is 1. The second-order valence-corrected chi connectivity index (χ2v) is 9.72. The van der Waals surface area contributed by atoms with E-state index in [1.165, 1.54) is 11.8 Å². The maximum atomic E-state index is 13.6. The third-order valence-corrected chi connectivity index (χ3v) is 7.09. The molecule has 1 amide bonds. The minimum atomic E-state index is -2.53. The third-order valence-electron chi connectivity index (χ3n) is 6.35. The molecule has 1 aromatic heterocycles. The average molecular weight is 556 g/mol. The van der Waals surface area contributed by atoms with Crippen LogP contribution in [0.15, 0.2) is 41.7 Å². The number of methoxy groups -OCH3 is 1. The molecule has 2 aromatic rings. The Labute approximate surface area is 224 Å². The van der Waals surface area contributed by atoms with Gasteiger partial charge < -0.3 is 15.2 Å². The highest BCUT2D eigenvalue weighted by Crippen LogP contribution is 2.28. The predicted octanol–water partition coefficient (Wildman–Crippen LogP) is 5.59. The van der Waals surface area contributed by atoms with E-state index < -0.39 is 30.8 Å². The van der Waals surface area contributed by atoms with Gasteiger partial charge in [-0.25, -0.2) is 13.6 Å². The number of aryl methyl sites for hydroxylation is 1. The summed E-state index contributed by atoms with van der Waals surface area (Å²) in [7, 11) is 3.02. The normalized spacial score (nSPS) is 16.6. The maximum absolute atomic E-state index is 13.6. The smallest absolute Gasteiger partial charge is 0.339 e. The summed E-state index contributed by atoms with van der Waals surface area (Å²) < 4.78 is 32.9. The van der Waals surface area contributed by atoms with E-state index in [1.807, 2.05) is 6.92 Å². The number of carbonyl (C=O) groups is 2. The highest BCUT2D eigenvalue weighted by atomic mass is 35.5. The van der Waals surface area contributed by atoms with Crippen molar-refractivity contribution in [2.75, 3.05) is 7.11 Å². The predicted molar refractivity (Wildman–Crippen MR) is 137 cm³/mol. The van der Waals surface area contributed by atoms with Gasteiger partial charge in [0.05, 0.1) is 39.7 Å². The number of hydrogen-bond donors (Lipinski definition) is 2. The van der Waals surface area contributed by atoms with E-state index in [1.54, 1.807) is 37.4 Å². The van der Waals surface area contributed by atoms with Crippen LogP contribution < -0.4 is 5.32 Å². The lowest BCUT2D eigenvalue weighted by molar-refractivity contribution is -0.132. The Balaban J connectivity index is 1.90. The van der Waals surface area contributed by atoms with Crippen molar-refractivity contribution in [2.24, 2.45) is 13.0 Å². The topological polar surface area (TPSA) is 93.5 Å². The van der Waals surface area contributed by atoms with E-state index in [4.69, 9.17) is 27.9 Å². The molecule has 7 nitrogen and oxygen atoms in total. The molecule has 37 heavy (non-hydrogen) atoms. The number of halogens is 4. The highest BCUT2D eigenvalue weighted by molar-refractivity contribution is 6.42. The molecule has 11 heteroatoms. The van der Waals surface area contributed by atoms with E-state index in [2.05, 4.69) is 10.4 Å². The van der Waals surface area contributed by atoms with Crippen LogP contribution in [0.3, 0.4) is 0 Å². The number of nitrogens with one attached hydrogen (secondary N) is 1. The van der Waals surface area contributed by atoms with E-state index in [-0.39, 0.29) is 35.7 Å². The fourth-order valence-electron chi connectivity index (χ4n) is 4.42. The van der Waals surface area contributed by atoms with Crippen molar-refractivity contribution in [1.29, 1.82) is 0 Å². The molecule has 2 unspecified atom stereocenters. The zero-order chi connectivity index (χ0) is 27.3. The van der Waals surface area contributed by atoms with Gasteiger partial charge in [0.1, 0.15) is 5.76 Å². The minimum Gasteiger partial charge on any atom is -0.496 e. The Morgan fingerprint density at radius 3 is 2.65 bits per heavy atom. The van der Waals surface area contributed by atoms with Crippen LogP contribution >= 0.6 is 23.2 Å². The molecule has 0 aliphatic heterocycles. The van der Waals surface area contributed by atoms with Crippen molar-refractivity contribution < 1.29 is 28.2 Å². The number of amides is 1. The average Bonchev–Trinajstić information content (AvgIpc) is 2.99. The lowest BCUT2D eigenvalue weighted by Gasteiger charge is -2.22. The molecule has 0 fully saturated rings. The molecule has 0 bridgehead atoms. The molecule has 1 aromatic carbocycles. The molecular weight excluding hydrogens is 527 g/mol. The number of allylic oxidation sites excluding steroid dienone is 1. The number of aromatic nitrogens is 2. The van der Waals surface area contributed by atoms with Gasteiger partial charge in [-0.05, 0) is 50.0 Å². The number of aliphatic carboxylic acids is 1. The van der Waals surface area contributed by atoms with Crippen LogP contribution in [0.25, 0.3) is 0 Å². The SMILES string of the molecule is COC1=CC(C(C)NC(=O)c2c(Cc3ccc(Cl)c(Cl)c3)nn(C)c2CCC(F)F)CCC=C1C(=O)O. The van der Waals surface area contributed by atoms with Crippen LogP contribution in [0.4, 0.5) is 8.78 Å². The Bertz CT molecular complexity index is 1230. The van der Waals surface area contributed by atoms with Crippen LogP contribution in [0.5, 0.6) is 0 Å². The fourth-order valence-corrected chi connectivity index (χ4v) is 4.74. The monoisotopic (exact) mass is 555 g/mol. The number of benzene rings is 1. The summed E-state index contributed by atoms with van der Waals surface area (Å²) in [5.41, 5.74) is 1.92. The molecule has 2 N–H and O–H groups in total. The molecule has 1 aliphatic rings. The number of nitrogens with zero attached hydrogens (tertiary/aromatic N) is 2. The summed E-state index contributed by atoms with van der Waals surface area (Å²) in [6, 6.07) is 4.69. The zero-order valence-corrected chi connectivity index (χ0v) is 22.2. The molecule has 1 aliphatic carbocycles. The van der Waals surface area contributed by atoms with E-state index in [9.17, 15) is 23.5 Å². The number of carboxylic acids is 1. The third kappa shape index (κ3) is 7.11. The van der Waals surface area contributed by atoms with Crippen LogP contribution in [-0.2, 0) is 29.4 Å². The van der Waals surface area contributed by atoms with Gasteiger partial charge in [0.15, 0.2) is 0 Å². The summed E-state index contributed by atoms with van der Waals surface area (Å²) in [6.07, 6.45) is 1.68. The van der Waals surface area contributed by atoms with Gasteiger partial charge in [0.2, 0.25) is 6.43 Å². The van der Waals surface area contributed by atoms with Crippen LogP contribution in [0.2, 0.25) is 10.0 Å². The Hall–Kier alpha value is -2.91. The number of rotatable bonds is 10. The fraction of sp³-hybridized carbons (Fsp3) is 0.423. The van der Waals surface area contributed by atoms with E-state index in [0.29, 0.717) is 34.3 Å². The first-order chi connectivity index (χ1) is 17.5. The van der Waals surface area contributed by atoms with Crippen molar-refractivity contribution in [2.45, 2.75) is 51.5 Å². The summed E-state index contributed by atoms with van der Waals surface area (Å²) in [5.74, 6) is -1.51. The first kappa shape index (κ1) is 28.7. The van der Waals surface area contributed by atoms with Crippen LogP contribution in [-0.4, -0.2) is 46.3 Å². The molecule has 3 rings (SSSR count). The van der Waals surface area contributed by atoms with Gasteiger partial charge in [-0.1, -0.05) is 35.3 Å². The van der Waals surface area contributed by atoms with Crippen LogP contribution in [0, 0.1) is 5.92 Å². The Morgan fingerprint density at radius 2 is 2.03 bits per heavy atom. The summed E-state index contributed by atoms with van der Waals surface area (Å²) in [4.78, 5) is 25.1. The highest BCUT2D eigenvalue weighted by Gasteiger charge is 2.28. The summed E-state index contributed by atoms with van der Waals surface area (Å²) >= 11 is 12.2. The Morgan fingerprint density at radius 1 is 1.30 bits per heavy atom. The summed E-state index contributed by atoms with van der Waals surface area (Å²) in [6.45, 7) is 1.81. The molecule has 0 saturated carbocycles. The second kappa shape index (κ2) is 12.6. The van der Waals surface area contributed by atoms with Crippen LogP contribution in [0.1, 0.15) is 53.5 Å². The lowest BCUT2D eigenvalue weighted by Crippen LogP contribution is -2.38. The molecule has 0 radical (unpaired) electrons. The number of hydrogen-bond acceptors (Lipinski definition) is 4. The molecule has 0 spiro atoms. The molecule has 1 heterocycles. The van der Waals surface area contributed by atoms with Gasteiger partial charge in [-0.2, -0.15) is 5.10 Å². The van der Waals surface area contributed by atoms with Crippen molar-refractivity contribution in [1.82, 2.24) is 15.1 Å². The molecule has 200 valence electrons. The first-order valence-electron chi connectivity index (χ1n) is 11.8. The van der Waals surface area contributed by atoms with Gasteiger partial charge in [-0.3, -0.25) is 9.48 Å². The largest absolute Gasteiger partial charge is 0.496 e. The zero-order valence-electron chi connectivity index (χ0n) is 20.7. The van der Waals surface area contributed by atoms with Gasteiger partial charge in [-0.15, -0.1) is 0 Å². The number of carboxylic acid groups (broad SMARTS) is 1. The lowest BCUT2D eigenvalue weighted by atomic mass is 9.95. The minimum absolute atomic E-state index is 0.0251. The van der Waals surface area contributed by atoms with Crippen molar-refractivity contribution in [3.8, 4) is 0 Å². The maximum Gasteiger partial charge on any atom is 0.339 e. The Kier molecular flexibility index (Phi) is 9.73. The van der Waals surface area contributed by atoms with Crippen molar-refractivity contribution in [3.05, 3.63) is 74.2 Å².